The van der Waals surface area contributed by atoms with Gasteiger partial charge in [-0.05, 0) is 59.3 Å². The standard InChI is InChI=1S/C13H10BrNO2/c1-9(16)10-4-6-11(7-5-10)17-13-12(14)3-2-8-15-13/h2-8H,1H3. The van der Waals surface area contributed by atoms with Crippen molar-refractivity contribution in [2.24, 2.45) is 0 Å². The highest BCUT2D eigenvalue weighted by atomic mass is 79.9. The number of hydrogen-bond donors (Lipinski definition) is 0. The fourth-order valence-corrected chi connectivity index (χ4v) is 1.65. The number of carbonyl (C=O) groups is 1. The number of aromatic nitrogens is 1. The molecule has 0 atom stereocenters. The first kappa shape index (κ1) is 11.8. The molecule has 0 unspecified atom stereocenters. The molecule has 0 aliphatic rings. The molecule has 17 heavy (non-hydrogen) atoms. The van der Waals surface area contributed by atoms with Crippen LogP contribution in [0.15, 0.2) is 47.1 Å². The molecule has 0 radical (unpaired) electrons. The molecule has 0 amide bonds. The lowest BCUT2D eigenvalue weighted by molar-refractivity contribution is 0.101. The SMILES string of the molecule is CC(=O)c1ccc(Oc2ncccc2Br)cc1. The molecule has 3 nitrogen and oxygen atoms in total. The Morgan fingerprint density at radius 1 is 1.24 bits per heavy atom. The summed E-state index contributed by atoms with van der Waals surface area (Å²) in [5.41, 5.74) is 0.664. The van der Waals surface area contributed by atoms with Crippen molar-refractivity contribution in [1.82, 2.24) is 4.98 Å². The molecule has 86 valence electrons. The Morgan fingerprint density at radius 2 is 1.94 bits per heavy atom. The van der Waals surface area contributed by atoms with E-state index in [0.29, 0.717) is 17.2 Å². The van der Waals surface area contributed by atoms with Crippen molar-refractivity contribution in [2.45, 2.75) is 6.92 Å². The van der Waals surface area contributed by atoms with E-state index in [2.05, 4.69) is 20.9 Å². The van der Waals surface area contributed by atoms with Crippen molar-refractivity contribution >= 4 is 21.7 Å². The van der Waals surface area contributed by atoms with Gasteiger partial charge in [-0.2, -0.15) is 0 Å². The Balaban J connectivity index is 2.20. The smallest absolute Gasteiger partial charge is 0.233 e. The van der Waals surface area contributed by atoms with Gasteiger partial charge in [0, 0.05) is 11.8 Å². The quantitative estimate of drug-likeness (QED) is 0.807. The highest BCUT2D eigenvalue weighted by Crippen LogP contribution is 2.26. The minimum atomic E-state index is 0.0376. The number of rotatable bonds is 3. The van der Waals surface area contributed by atoms with E-state index in [1.807, 2.05) is 12.1 Å². The monoisotopic (exact) mass is 291 g/mol. The van der Waals surface area contributed by atoms with Crippen molar-refractivity contribution in [3.63, 3.8) is 0 Å². The summed E-state index contributed by atoms with van der Waals surface area (Å²) in [4.78, 5) is 15.2. The highest BCUT2D eigenvalue weighted by molar-refractivity contribution is 9.10. The van der Waals surface area contributed by atoms with E-state index in [1.165, 1.54) is 6.92 Å². The van der Waals surface area contributed by atoms with Crippen LogP contribution in [0, 0.1) is 0 Å². The lowest BCUT2D eigenvalue weighted by Crippen LogP contribution is -1.92. The van der Waals surface area contributed by atoms with E-state index >= 15 is 0 Å². The van der Waals surface area contributed by atoms with Gasteiger partial charge in [-0.25, -0.2) is 4.98 Å². The fraction of sp³-hybridized carbons (Fsp3) is 0.0769. The first-order valence-corrected chi connectivity index (χ1v) is 5.85. The third-order valence-electron chi connectivity index (χ3n) is 2.20. The van der Waals surface area contributed by atoms with Crippen LogP contribution in [0.2, 0.25) is 0 Å². The molecule has 4 heteroatoms. The number of ketones is 1. The van der Waals surface area contributed by atoms with Crippen LogP contribution in [-0.2, 0) is 0 Å². The number of benzene rings is 1. The average molecular weight is 292 g/mol. The van der Waals surface area contributed by atoms with Gasteiger partial charge in [0.15, 0.2) is 5.78 Å². The normalized spacial score (nSPS) is 10.0. The van der Waals surface area contributed by atoms with Crippen molar-refractivity contribution < 1.29 is 9.53 Å². The molecule has 2 aromatic rings. The summed E-state index contributed by atoms with van der Waals surface area (Å²) in [6.07, 6.45) is 1.66. The van der Waals surface area contributed by atoms with E-state index in [1.54, 1.807) is 30.5 Å². The van der Waals surface area contributed by atoms with Crippen LogP contribution >= 0.6 is 15.9 Å². The Hall–Kier alpha value is -1.68. The number of carbonyl (C=O) groups excluding carboxylic acids is 1. The zero-order valence-corrected chi connectivity index (χ0v) is 10.8. The summed E-state index contributed by atoms with van der Waals surface area (Å²) in [7, 11) is 0. The summed E-state index contributed by atoms with van der Waals surface area (Å²) >= 11 is 3.35. The van der Waals surface area contributed by atoms with E-state index in [-0.39, 0.29) is 5.78 Å². The number of nitrogens with zero attached hydrogens (tertiary/aromatic N) is 1. The molecule has 2 rings (SSSR count). The Bertz CT molecular complexity index is 537. The van der Waals surface area contributed by atoms with Crippen LogP contribution in [0.1, 0.15) is 17.3 Å². The predicted octanol–water partition coefficient (Wildman–Crippen LogP) is 3.84. The number of halogens is 1. The molecule has 1 aromatic carbocycles. The summed E-state index contributed by atoms with van der Waals surface area (Å²) in [6.45, 7) is 1.53. The van der Waals surface area contributed by atoms with Gasteiger partial charge in [0.05, 0.1) is 4.47 Å². The summed E-state index contributed by atoms with van der Waals surface area (Å²) in [5.74, 6) is 1.19. The van der Waals surface area contributed by atoms with Crippen molar-refractivity contribution in [1.29, 1.82) is 0 Å². The molecule has 0 fully saturated rings. The van der Waals surface area contributed by atoms with Gasteiger partial charge in [-0.15, -0.1) is 0 Å². The second-order valence-electron chi connectivity index (χ2n) is 3.47. The number of Topliss-reactive ketones (excluding diaryl/α,β-unsaturated/α-hetero) is 1. The third-order valence-corrected chi connectivity index (χ3v) is 2.80. The summed E-state index contributed by atoms with van der Waals surface area (Å²) in [5, 5.41) is 0. The lowest BCUT2D eigenvalue weighted by atomic mass is 10.1. The third kappa shape index (κ3) is 2.91. The molecule has 0 N–H and O–H groups in total. The zero-order chi connectivity index (χ0) is 12.3. The van der Waals surface area contributed by atoms with E-state index in [4.69, 9.17) is 4.74 Å². The molecule has 1 heterocycles. The van der Waals surface area contributed by atoms with E-state index in [0.717, 1.165) is 4.47 Å². The lowest BCUT2D eigenvalue weighted by Gasteiger charge is -2.06. The second kappa shape index (κ2) is 5.10. The maximum absolute atomic E-state index is 11.1. The van der Waals surface area contributed by atoms with Gasteiger partial charge in [0.25, 0.3) is 0 Å². The molecular formula is C13H10BrNO2. The first-order valence-electron chi connectivity index (χ1n) is 5.06. The minimum Gasteiger partial charge on any atom is -0.438 e. The molecule has 0 aliphatic carbocycles. The topological polar surface area (TPSA) is 39.2 Å². The van der Waals surface area contributed by atoms with Crippen molar-refractivity contribution in [3.8, 4) is 11.6 Å². The Morgan fingerprint density at radius 3 is 2.53 bits per heavy atom. The fourth-order valence-electron chi connectivity index (χ4n) is 1.32. The van der Waals surface area contributed by atoms with Crippen LogP contribution in [0.25, 0.3) is 0 Å². The number of pyridine rings is 1. The average Bonchev–Trinajstić information content (AvgIpc) is 2.33. The molecule has 0 spiro atoms. The van der Waals surface area contributed by atoms with Gasteiger partial charge < -0.3 is 4.74 Å². The molecule has 0 aliphatic heterocycles. The van der Waals surface area contributed by atoms with Crippen LogP contribution in [0.3, 0.4) is 0 Å². The molecule has 0 saturated carbocycles. The van der Waals surface area contributed by atoms with E-state index < -0.39 is 0 Å². The maximum Gasteiger partial charge on any atom is 0.233 e. The zero-order valence-electron chi connectivity index (χ0n) is 9.18. The van der Waals surface area contributed by atoms with Gasteiger partial charge in [0.2, 0.25) is 5.88 Å². The van der Waals surface area contributed by atoms with Crippen LogP contribution in [0.4, 0.5) is 0 Å². The second-order valence-corrected chi connectivity index (χ2v) is 4.33. The van der Waals surface area contributed by atoms with Crippen molar-refractivity contribution in [2.75, 3.05) is 0 Å². The minimum absolute atomic E-state index is 0.0376. The van der Waals surface area contributed by atoms with E-state index in [9.17, 15) is 4.79 Å². The van der Waals surface area contributed by atoms with Crippen LogP contribution in [-0.4, -0.2) is 10.8 Å². The van der Waals surface area contributed by atoms with Gasteiger partial charge in [0.1, 0.15) is 5.75 Å². The molecule has 0 bridgehead atoms. The number of ether oxygens (including phenoxy) is 1. The molecule has 1 aromatic heterocycles. The molecule has 0 saturated heterocycles. The maximum atomic E-state index is 11.1. The number of hydrogen-bond acceptors (Lipinski definition) is 3. The van der Waals surface area contributed by atoms with Crippen molar-refractivity contribution in [3.05, 3.63) is 52.6 Å². The highest BCUT2D eigenvalue weighted by Gasteiger charge is 2.04. The first-order chi connectivity index (χ1) is 8.16. The van der Waals surface area contributed by atoms with Gasteiger partial charge in [-0.3, -0.25) is 4.79 Å². The Kier molecular flexibility index (Phi) is 3.54. The predicted molar refractivity (Wildman–Crippen MR) is 68.5 cm³/mol. The van der Waals surface area contributed by atoms with Crippen LogP contribution in [0.5, 0.6) is 11.6 Å². The van der Waals surface area contributed by atoms with Gasteiger partial charge in [-0.1, -0.05) is 0 Å². The summed E-state index contributed by atoms with van der Waals surface area (Å²) < 4.78 is 6.36. The van der Waals surface area contributed by atoms with Crippen LogP contribution < -0.4 is 4.74 Å². The van der Waals surface area contributed by atoms with Gasteiger partial charge >= 0.3 is 0 Å². The summed E-state index contributed by atoms with van der Waals surface area (Å²) in [6, 6.07) is 10.6. The Labute approximate surface area is 108 Å². The largest absolute Gasteiger partial charge is 0.438 e. The molecular weight excluding hydrogens is 282 g/mol.